The van der Waals surface area contributed by atoms with E-state index in [2.05, 4.69) is 15.4 Å². The van der Waals surface area contributed by atoms with Gasteiger partial charge in [-0.3, -0.25) is 28.3 Å². The first-order valence-electron chi connectivity index (χ1n) is 21.0. The van der Waals surface area contributed by atoms with Gasteiger partial charge in [0.25, 0.3) is 11.5 Å². The van der Waals surface area contributed by atoms with E-state index in [1.807, 2.05) is 19.1 Å². The number of pyridine rings is 1. The maximum Gasteiger partial charge on any atom is 0.408 e. The number of hydrogen-bond donors (Lipinski definition) is 3. The molecule has 16 nitrogen and oxygen atoms in total. The fourth-order valence-electron chi connectivity index (χ4n) is 9.63. The molecule has 2 aromatic heterocycles. The number of fused-ring (bicyclic) bond motifs is 5. The average Bonchev–Trinajstić information content (AvgIpc) is 3.99. The minimum atomic E-state index is -3.89. The van der Waals surface area contributed by atoms with Crippen molar-refractivity contribution in [2.45, 2.75) is 138 Å². The maximum atomic E-state index is 14.9. The van der Waals surface area contributed by atoms with Crippen molar-refractivity contribution in [3.05, 3.63) is 46.4 Å². The van der Waals surface area contributed by atoms with Crippen LogP contribution in [0.2, 0.25) is 0 Å². The van der Waals surface area contributed by atoms with Crippen LogP contribution in [-0.4, -0.2) is 95.3 Å². The Morgan fingerprint density at radius 2 is 1.79 bits per heavy atom. The molecule has 17 heteroatoms. The third kappa shape index (κ3) is 8.02. The third-order valence-electron chi connectivity index (χ3n) is 13.2. The van der Waals surface area contributed by atoms with E-state index in [9.17, 15) is 32.4 Å². The predicted octanol–water partition coefficient (Wildman–Crippen LogP) is 3.29. The lowest BCUT2D eigenvalue weighted by Crippen LogP contribution is -2.59. The number of carbonyl (C=O) groups excluding carboxylic acids is 4. The van der Waals surface area contributed by atoms with E-state index in [1.165, 1.54) is 16.4 Å². The normalized spacial score (nSPS) is 31.2. The summed E-state index contributed by atoms with van der Waals surface area (Å²) in [5.74, 6) is -1.70. The topological polar surface area (TPSA) is 204 Å². The maximum absolute atomic E-state index is 14.9. The van der Waals surface area contributed by atoms with E-state index in [-0.39, 0.29) is 61.1 Å². The van der Waals surface area contributed by atoms with Crippen molar-refractivity contribution in [2.24, 2.45) is 17.8 Å². The molecule has 0 unspecified atom stereocenters. The molecule has 8 rings (SSSR count). The first kappa shape index (κ1) is 40.1. The highest BCUT2D eigenvalue weighted by Crippen LogP contribution is 2.47. The van der Waals surface area contributed by atoms with E-state index in [0.29, 0.717) is 55.5 Å². The van der Waals surface area contributed by atoms with Gasteiger partial charge in [0, 0.05) is 25.1 Å². The van der Waals surface area contributed by atoms with Gasteiger partial charge < -0.3 is 29.7 Å². The number of nitrogens with one attached hydrogen (secondary N) is 3. The Bertz CT molecular complexity index is 2150. The van der Waals surface area contributed by atoms with Gasteiger partial charge in [-0.15, -0.1) is 0 Å². The third-order valence-corrected chi connectivity index (χ3v) is 15.0. The van der Waals surface area contributed by atoms with Gasteiger partial charge in [0.1, 0.15) is 41.2 Å². The second kappa shape index (κ2) is 16.2. The largest absolute Gasteiger partial charge is 0.497 e. The zero-order valence-electron chi connectivity index (χ0n) is 33.2. The SMILES string of the molecule is CC[C@@H]1C[C@]1(NC(=O)[C@@H]1C[C@@H]2CN1C(=O)[C@H](C1CCCC1)NC(=O)O[C@@H]1CCC[C@H]1CC/C=C/Cc1c(nc3cc(OC)ccn3c1=O)O2)C(=O)NS(=O)(=O)C1CC1. The van der Waals surface area contributed by atoms with Crippen LogP contribution < -0.4 is 30.4 Å². The van der Waals surface area contributed by atoms with Crippen molar-refractivity contribution in [2.75, 3.05) is 13.7 Å². The van der Waals surface area contributed by atoms with Crippen molar-refractivity contribution in [1.29, 1.82) is 0 Å². The highest BCUT2D eigenvalue weighted by atomic mass is 32.2. The molecule has 0 aromatic carbocycles. The number of methoxy groups -OCH3 is 1. The number of alkyl carbamates (subject to hydrolysis) is 1. The molecule has 4 amide bonds. The summed E-state index contributed by atoms with van der Waals surface area (Å²) in [5.41, 5.74) is -1.20. The van der Waals surface area contributed by atoms with E-state index in [0.717, 1.165) is 38.5 Å². The molecule has 0 radical (unpaired) electrons. The summed E-state index contributed by atoms with van der Waals surface area (Å²) in [6.45, 7) is 1.78. The number of aromatic nitrogens is 2. The molecule has 58 heavy (non-hydrogen) atoms. The Balaban J connectivity index is 1.15. The van der Waals surface area contributed by atoms with Gasteiger partial charge in [0.2, 0.25) is 27.7 Å². The number of hydrogen-bond acceptors (Lipinski definition) is 11. The number of ether oxygens (including phenoxy) is 3. The molecule has 4 heterocycles. The molecular formula is C41H54N6O10S. The average molecular weight is 823 g/mol. The first-order valence-corrected chi connectivity index (χ1v) is 22.5. The van der Waals surface area contributed by atoms with Crippen LogP contribution in [0.15, 0.2) is 35.3 Å². The predicted molar refractivity (Wildman–Crippen MR) is 210 cm³/mol. The van der Waals surface area contributed by atoms with Crippen molar-refractivity contribution in [3.8, 4) is 11.6 Å². The molecule has 6 aliphatic rings. The summed E-state index contributed by atoms with van der Waals surface area (Å²) in [4.78, 5) is 76.9. The molecule has 314 valence electrons. The van der Waals surface area contributed by atoms with Gasteiger partial charge in [0.15, 0.2) is 0 Å². The van der Waals surface area contributed by atoms with Crippen LogP contribution >= 0.6 is 0 Å². The smallest absolute Gasteiger partial charge is 0.408 e. The Morgan fingerprint density at radius 1 is 1.02 bits per heavy atom. The molecular weight excluding hydrogens is 769 g/mol. The number of sulfonamides is 1. The van der Waals surface area contributed by atoms with Crippen LogP contribution in [0.5, 0.6) is 11.6 Å². The van der Waals surface area contributed by atoms with Gasteiger partial charge in [-0.2, -0.15) is 4.98 Å². The second-order valence-corrected chi connectivity index (χ2v) is 18.9. The molecule has 0 spiro atoms. The second-order valence-electron chi connectivity index (χ2n) is 17.0. The van der Waals surface area contributed by atoms with Gasteiger partial charge >= 0.3 is 6.09 Å². The molecule has 4 saturated carbocycles. The van der Waals surface area contributed by atoms with Crippen LogP contribution in [0.4, 0.5) is 4.79 Å². The highest BCUT2D eigenvalue weighted by Gasteiger charge is 2.62. The Labute approximate surface area is 337 Å². The van der Waals surface area contributed by atoms with Crippen LogP contribution in [0.1, 0.15) is 102 Å². The molecule has 2 bridgehead atoms. The molecule has 5 fully saturated rings. The summed E-state index contributed by atoms with van der Waals surface area (Å²) in [7, 11) is -2.38. The number of allylic oxidation sites excluding steroid dienone is 2. The number of nitrogens with zero attached hydrogens (tertiary/aromatic N) is 3. The zero-order valence-corrected chi connectivity index (χ0v) is 34.0. The molecule has 2 aliphatic heterocycles. The fourth-order valence-corrected chi connectivity index (χ4v) is 11.0. The lowest BCUT2D eigenvalue weighted by atomic mass is 9.96. The van der Waals surface area contributed by atoms with E-state index in [4.69, 9.17) is 19.2 Å². The molecule has 1 saturated heterocycles. The molecule has 2 aromatic rings. The number of amides is 4. The zero-order chi connectivity index (χ0) is 40.8. The van der Waals surface area contributed by atoms with Crippen LogP contribution in [0, 0.1) is 17.8 Å². The minimum Gasteiger partial charge on any atom is -0.497 e. The van der Waals surface area contributed by atoms with Crippen molar-refractivity contribution < 1.29 is 41.8 Å². The Morgan fingerprint density at radius 3 is 2.52 bits per heavy atom. The lowest BCUT2D eigenvalue weighted by Gasteiger charge is -2.32. The van der Waals surface area contributed by atoms with Crippen LogP contribution in [-0.2, 0) is 35.6 Å². The van der Waals surface area contributed by atoms with Gasteiger partial charge in [-0.25, -0.2) is 13.2 Å². The van der Waals surface area contributed by atoms with Gasteiger partial charge in [0.05, 0.1) is 24.5 Å². The molecule has 4 aliphatic carbocycles. The Hall–Kier alpha value is -4.67. The first-order chi connectivity index (χ1) is 27.9. The lowest BCUT2D eigenvalue weighted by molar-refractivity contribution is -0.142. The van der Waals surface area contributed by atoms with Crippen molar-refractivity contribution in [3.63, 3.8) is 0 Å². The summed E-state index contributed by atoms with van der Waals surface area (Å²) < 4.78 is 47.3. The monoisotopic (exact) mass is 822 g/mol. The van der Waals surface area contributed by atoms with Gasteiger partial charge in [-0.05, 0) is 88.0 Å². The standard InChI is InChI=1S/C41H54N6O10S/c1-3-26-22-41(26,39(51)45-58(53,54)29-16-17-29)44-35(48)31-20-28-23-47(31)38(50)34(25-11-7-8-12-25)43-40(52)57-32-15-9-13-24(32)10-5-4-6-14-30-36(56-28)42-33-21-27(55-2)18-19-46(33)37(30)49/h4,6,18-19,21,24-26,28-29,31-32,34H,3,5,7-17,20,22-23H2,1-2H3,(H,43,52)(H,44,48)(H,45,51)/b6-4+/t24-,26-,28-,31+,32-,34+,41-/m1/s1. The minimum absolute atomic E-state index is 0.0214. The van der Waals surface area contributed by atoms with Crippen LogP contribution in [0.3, 0.4) is 0 Å². The van der Waals surface area contributed by atoms with Gasteiger partial charge in [-0.1, -0.05) is 38.3 Å². The van der Waals surface area contributed by atoms with Crippen molar-refractivity contribution in [1.82, 2.24) is 29.6 Å². The summed E-state index contributed by atoms with van der Waals surface area (Å²) in [6, 6.07) is 1.15. The summed E-state index contributed by atoms with van der Waals surface area (Å²) in [5, 5.41) is 5.18. The Kier molecular flexibility index (Phi) is 11.2. The number of carbonyl (C=O) groups is 4. The number of rotatable bonds is 8. The fraction of sp³-hybridized carbons (Fsp3) is 0.659. The molecule has 3 N–H and O–H groups in total. The quantitative estimate of drug-likeness (QED) is 0.330. The highest BCUT2D eigenvalue weighted by molar-refractivity contribution is 7.91. The van der Waals surface area contributed by atoms with Crippen molar-refractivity contribution >= 4 is 39.5 Å². The van der Waals surface area contributed by atoms with E-state index in [1.54, 1.807) is 18.3 Å². The summed E-state index contributed by atoms with van der Waals surface area (Å²) in [6.07, 6.45) is 12.8. The van der Waals surface area contributed by atoms with E-state index >= 15 is 0 Å². The van der Waals surface area contributed by atoms with Crippen LogP contribution in [0.25, 0.3) is 5.65 Å². The molecule has 7 atom stereocenters. The van der Waals surface area contributed by atoms with E-state index < -0.39 is 62.8 Å². The summed E-state index contributed by atoms with van der Waals surface area (Å²) >= 11 is 0.